The van der Waals surface area contributed by atoms with Gasteiger partial charge in [-0.1, -0.05) is 18.2 Å². The Labute approximate surface area is 94.7 Å². The van der Waals surface area contributed by atoms with E-state index in [1.54, 1.807) is 0 Å². The topological polar surface area (TPSA) is 15.6 Å². The molecule has 78 valence electrons. The molecule has 0 unspecified atom stereocenters. The molecule has 2 rings (SSSR count). The van der Waals surface area contributed by atoms with Crippen LogP contribution in [0.1, 0.15) is 0 Å². The molecular formula is C12H14N2S. The van der Waals surface area contributed by atoms with Crippen LogP contribution in [0.4, 0.5) is 5.69 Å². The van der Waals surface area contributed by atoms with E-state index in [9.17, 15) is 0 Å². The normalized spacial score (nSPS) is 19.3. The van der Waals surface area contributed by atoms with Crippen LogP contribution in [-0.2, 0) is 0 Å². The van der Waals surface area contributed by atoms with Gasteiger partial charge in [0.15, 0.2) is 0 Å². The first-order valence-electron chi connectivity index (χ1n) is 4.99. The summed E-state index contributed by atoms with van der Waals surface area (Å²) >= 11 is 1.88. The summed E-state index contributed by atoms with van der Waals surface area (Å²) in [6, 6.07) is 9.99. The fraction of sp³-hybridized carbons (Fsp3) is 0.250. The van der Waals surface area contributed by atoms with Crippen LogP contribution in [0.3, 0.4) is 0 Å². The van der Waals surface area contributed by atoms with Crippen molar-refractivity contribution in [1.29, 1.82) is 0 Å². The number of rotatable bonds is 2. The van der Waals surface area contributed by atoms with E-state index in [-0.39, 0.29) is 0 Å². The molecule has 1 heterocycles. The lowest BCUT2D eigenvalue weighted by atomic mass is 10.3. The predicted molar refractivity (Wildman–Crippen MR) is 67.8 cm³/mol. The van der Waals surface area contributed by atoms with E-state index < -0.39 is 0 Å². The first-order valence-corrected chi connectivity index (χ1v) is 5.98. The monoisotopic (exact) mass is 218 g/mol. The molecule has 0 bridgehead atoms. The third-order valence-electron chi connectivity index (χ3n) is 2.25. The van der Waals surface area contributed by atoms with Crippen molar-refractivity contribution in [2.24, 2.45) is 4.99 Å². The van der Waals surface area contributed by atoms with E-state index in [1.807, 2.05) is 48.3 Å². The van der Waals surface area contributed by atoms with Crippen molar-refractivity contribution < 1.29 is 0 Å². The Balaban J connectivity index is 2.01. The maximum Gasteiger partial charge on any atom is 0.0721 e. The number of para-hydroxylation sites is 1. The van der Waals surface area contributed by atoms with Gasteiger partial charge in [0.05, 0.1) is 10.7 Å². The van der Waals surface area contributed by atoms with Crippen molar-refractivity contribution in [3.8, 4) is 0 Å². The van der Waals surface area contributed by atoms with Crippen LogP contribution in [0.15, 0.2) is 46.4 Å². The van der Waals surface area contributed by atoms with Crippen molar-refractivity contribution in [2.45, 2.75) is 0 Å². The fourth-order valence-corrected chi connectivity index (χ4v) is 2.43. The van der Waals surface area contributed by atoms with Gasteiger partial charge in [0.25, 0.3) is 0 Å². The zero-order chi connectivity index (χ0) is 10.5. The molecule has 0 spiro atoms. The molecule has 0 N–H and O–H groups in total. The van der Waals surface area contributed by atoms with Gasteiger partial charge in [0, 0.05) is 25.6 Å². The minimum absolute atomic E-state index is 1.00. The van der Waals surface area contributed by atoms with Gasteiger partial charge in [-0.05, 0) is 18.2 Å². The summed E-state index contributed by atoms with van der Waals surface area (Å²) in [5.74, 6) is 1.18. The predicted octanol–water partition coefficient (Wildman–Crippen LogP) is 2.91. The van der Waals surface area contributed by atoms with Crippen molar-refractivity contribution in [2.75, 3.05) is 19.3 Å². The second-order valence-corrected chi connectivity index (χ2v) is 4.50. The van der Waals surface area contributed by atoms with Crippen LogP contribution in [0, 0.1) is 0 Å². The van der Waals surface area contributed by atoms with Gasteiger partial charge in [-0.25, -0.2) is 0 Å². The summed E-state index contributed by atoms with van der Waals surface area (Å²) in [5.41, 5.74) is 1.00. The van der Waals surface area contributed by atoms with E-state index in [4.69, 9.17) is 0 Å². The third kappa shape index (κ3) is 2.86. The number of hydrogen-bond acceptors (Lipinski definition) is 3. The number of allylic oxidation sites excluding steroid dienone is 1. The van der Waals surface area contributed by atoms with Crippen LogP contribution in [-0.4, -0.2) is 30.5 Å². The molecule has 1 fully saturated rings. The third-order valence-corrected chi connectivity index (χ3v) is 3.38. The Hall–Kier alpha value is -1.22. The van der Waals surface area contributed by atoms with Crippen LogP contribution in [0.2, 0.25) is 0 Å². The lowest BCUT2D eigenvalue weighted by Crippen LogP contribution is -2.10. The number of benzene rings is 1. The highest BCUT2D eigenvalue weighted by Crippen LogP contribution is 2.25. The van der Waals surface area contributed by atoms with Gasteiger partial charge < -0.3 is 4.90 Å². The second-order valence-electron chi connectivity index (χ2n) is 3.39. The van der Waals surface area contributed by atoms with Gasteiger partial charge in [0.1, 0.15) is 0 Å². The Morgan fingerprint density at radius 1 is 1.33 bits per heavy atom. The standard InChI is InChI=1S/C12H14N2S/c1-14-9-10-15-12(14)7-8-13-11-5-3-2-4-6-11/h2-8H,9-10H2,1H3/b12-7+,13-8?. The first-order chi connectivity index (χ1) is 7.36. The zero-order valence-corrected chi connectivity index (χ0v) is 9.57. The molecule has 1 aliphatic rings. The molecular weight excluding hydrogens is 204 g/mol. The smallest absolute Gasteiger partial charge is 0.0721 e. The summed E-state index contributed by atoms with van der Waals surface area (Å²) in [7, 11) is 2.11. The molecule has 1 saturated heterocycles. The van der Waals surface area contributed by atoms with E-state index in [1.165, 1.54) is 10.8 Å². The van der Waals surface area contributed by atoms with Crippen molar-refractivity contribution in [1.82, 2.24) is 4.90 Å². The van der Waals surface area contributed by atoms with Crippen LogP contribution >= 0.6 is 11.8 Å². The Bertz CT molecular complexity index is 370. The lowest BCUT2D eigenvalue weighted by Gasteiger charge is -2.09. The molecule has 0 amide bonds. The molecule has 3 heteroatoms. The molecule has 2 nitrogen and oxygen atoms in total. The Morgan fingerprint density at radius 3 is 2.80 bits per heavy atom. The van der Waals surface area contributed by atoms with E-state index in [0.717, 1.165) is 12.2 Å². The minimum Gasteiger partial charge on any atom is -0.369 e. The van der Waals surface area contributed by atoms with Gasteiger partial charge in [-0.2, -0.15) is 0 Å². The van der Waals surface area contributed by atoms with E-state index in [0.29, 0.717) is 0 Å². The highest BCUT2D eigenvalue weighted by Gasteiger charge is 2.11. The highest BCUT2D eigenvalue weighted by atomic mass is 32.2. The SMILES string of the molecule is CN1CCS/C1=C/C=Nc1ccccc1. The fourth-order valence-electron chi connectivity index (χ4n) is 1.38. The molecule has 0 radical (unpaired) electrons. The number of hydrogen-bond donors (Lipinski definition) is 0. The average molecular weight is 218 g/mol. The molecule has 15 heavy (non-hydrogen) atoms. The molecule has 0 aliphatic carbocycles. The van der Waals surface area contributed by atoms with Crippen molar-refractivity contribution in [3.63, 3.8) is 0 Å². The summed E-state index contributed by atoms with van der Waals surface area (Å²) in [6.45, 7) is 1.13. The van der Waals surface area contributed by atoms with E-state index >= 15 is 0 Å². The summed E-state index contributed by atoms with van der Waals surface area (Å²) in [4.78, 5) is 6.61. The summed E-state index contributed by atoms with van der Waals surface area (Å²) < 4.78 is 0. The Morgan fingerprint density at radius 2 is 2.13 bits per heavy atom. The molecule has 1 aromatic carbocycles. The van der Waals surface area contributed by atoms with Gasteiger partial charge in [-0.3, -0.25) is 4.99 Å². The van der Waals surface area contributed by atoms with Crippen molar-refractivity contribution in [3.05, 3.63) is 41.4 Å². The molecule has 0 saturated carbocycles. The van der Waals surface area contributed by atoms with Crippen molar-refractivity contribution >= 4 is 23.7 Å². The largest absolute Gasteiger partial charge is 0.369 e. The highest BCUT2D eigenvalue weighted by molar-refractivity contribution is 8.03. The maximum atomic E-state index is 4.36. The summed E-state index contributed by atoms with van der Waals surface area (Å²) in [6.07, 6.45) is 3.95. The average Bonchev–Trinajstić information content (AvgIpc) is 2.66. The van der Waals surface area contributed by atoms with Gasteiger partial charge in [-0.15, -0.1) is 11.8 Å². The molecule has 1 aliphatic heterocycles. The lowest BCUT2D eigenvalue weighted by molar-refractivity contribution is 0.493. The van der Waals surface area contributed by atoms with Crippen LogP contribution in [0.25, 0.3) is 0 Å². The number of thioether (sulfide) groups is 1. The molecule has 0 aromatic heterocycles. The Kier molecular flexibility index (Phi) is 3.45. The van der Waals surface area contributed by atoms with Crippen LogP contribution < -0.4 is 0 Å². The van der Waals surface area contributed by atoms with Gasteiger partial charge in [0.2, 0.25) is 0 Å². The minimum atomic E-state index is 1.00. The first kappa shape index (κ1) is 10.3. The number of aliphatic imine (C=N–C) groups is 1. The van der Waals surface area contributed by atoms with Gasteiger partial charge >= 0.3 is 0 Å². The quantitative estimate of drug-likeness (QED) is 0.709. The van der Waals surface area contributed by atoms with Crippen LogP contribution in [0.5, 0.6) is 0 Å². The second kappa shape index (κ2) is 5.03. The summed E-state index contributed by atoms with van der Waals surface area (Å²) in [5, 5.41) is 1.30. The van der Waals surface area contributed by atoms with E-state index in [2.05, 4.69) is 23.0 Å². The molecule has 1 aromatic rings. The molecule has 0 atom stereocenters. The zero-order valence-electron chi connectivity index (χ0n) is 8.76. The maximum absolute atomic E-state index is 4.36. The number of nitrogens with zero attached hydrogens (tertiary/aromatic N) is 2.